The van der Waals surface area contributed by atoms with Crippen LogP contribution in [0.3, 0.4) is 0 Å². The summed E-state index contributed by atoms with van der Waals surface area (Å²) in [5, 5.41) is 19.5. The summed E-state index contributed by atoms with van der Waals surface area (Å²) in [6.07, 6.45) is 0. The first-order valence-electron chi connectivity index (χ1n) is 4.38. The lowest BCUT2D eigenvalue weighted by Crippen LogP contribution is -2.29. The molecule has 0 atom stereocenters. The third kappa shape index (κ3) is 1.65. The first-order chi connectivity index (χ1) is 8.02. The minimum absolute atomic E-state index is 0.0203. The zero-order valence-corrected chi connectivity index (χ0v) is 8.18. The number of non-ortho nitro benzene ring substituents is 1. The highest BCUT2D eigenvalue weighted by atomic mass is 16.6. The Bertz CT molecular complexity index is 780. The van der Waals surface area contributed by atoms with E-state index in [4.69, 9.17) is 5.26 Å². The lowest BCUT2D eigenvalue weighted by atomic mass is 10.2. The average Bonchev–Trinajstić information content (AvgIpc) is 2.29. The third-order valence-electron chi connectivity index (χ3n) is 2.14. The molecule has 0 aliphatic carbocycles. The van der Waals surface area contributed by atoms with Gasteiger partial charge in [-0.05, 0) is 6.07 Å². The average molecular weight is 232 g/mol. The summed E-state index contributed by atoms with van der Waals surface area (Å²) in [5.74, 6) is 0. The molecule has 8 nitrogen and oxygen atoms in total. The molecule has 0 aliphatic rings. The van der Waals surface area contributed by atoms with E-state index in [1.165, 1.54) is 6.07 Å². The van der Waals surface area contributed by atoms with E-state index in [0.29, 0.717) is 0 Å². The highest BCUT2D eigenvalue weighted by Gasteiger charge is 2.16. The molecular formula is C9H4N4O4. The van der Waals surface area contributed by atoms with E-state index in [1.54, 1.807) is 6.07 Å². The highest BCUT2D eigenvalue weighted by molar-refractivity contribution is 5.85. The second-order valence-electron chi connectivity index (χ2n) is 3.20. The molecule has 0 saturated carbocycles. The van der Waals surface area contributed by atoms with Crippen molar-refractivity contribution in [1.82, 2.24) is 9.97 Å². The van der Waals surface area contributed by atoms with Crippen molar-refractivity contribution >= 4 is 16.7 Å². The second kappa shape index (κ2) is 3.57. The van der Waals surface area contributed by atoms with Crippen LogP contribution in [0, 0.1) is 21.4 Å². The molecule has 1 aromatic heterocycles. The lowest BCUT2D eigenvalue weighted by molar-refractivity contribution is -0.383. The summed E-state index contributed by atoms with van der Waals surface area (Å²) in [5.41, 5.74) is -2.40. The van der Waals surface area contributed by atoms with Crippen molar-refractivity contribution in [2.45, 2.75) is 0 Å². The van der Waals surface area contributed by atoms with Crippen molar-refractivity contribution in [3.05, 3.63) is 48.5 Å². The Hall–Kier alpha value is -2.95. The number of nitrogens with one attached hydrogen (secondary N) is 2. The molecule has 8 heteroatoms. The fourth-order valence-electron chi connectivity index (χ4n) is 1.41. The molecule has 0 saturated heterocycles. The van der Waals surface area contributed by atoms with Crippen LogP contribution in [0.25, 0.3) is 11.0 Å². The number of aromatic nitrogens is 2. The second-order valence-corrected chi connectivity index (χ2v) is 3.20. The Morgan fingerprint density at radius 2 is 1.88 bits per heavy atom. The first-order valence-corrected chi connectivity index (χ1v) is 4.38. The van der Waals surface area contributed by atoms with Crippen molar-refractivity contribution in [2.75, 3.05) is 0 Å². The molecule has 0 radical (unpaired) electrons. The summed E-state index contributed by atoms with van der Waals surface area (Å²) in [7, 11) is 0. The maximum absolute atomic E-state index is 11.1. The van der Waals surface area contributed by atoms with E-state index in [2.05, 4.69) is 9.97 Å². The molecule has 0 fully saturated rings. The fourth-order valence-corrected chi connectivity index (χ4v) is 1.41. The fraction of sp³-hybridized carbons (Fsp3) is 0. The molecule has 2 N–H and O–H groups in total. The number of nitro groups is 1. The third-order valence-corrected chi connectivity index (χ3v) is 2.14. The van der Waals surface area contributed by atoms with Gasteiger partial charge >= 0.3 is 11.1 Å². The van der Waals surface area contributed by atoms with E-state index in [0.717, 1.165) is 6.07 Å². The number of nitrogens with zero attached hydrogens (tertiary/aromatic N) is 2. The molecular weight excluding hydrogens is 228 g/mol. The Labute approximate surface area is 92.3 Å². The van der Waals surface area contributed by atoms with Crippen LogP contribution in [-0.2, 0) is 0 Å². The molecule has 2 rings (SSSR count). The predicted octanol–water partition coefficient (Wildman–Crippen LogP) is -0.00372. The molecule has 0 spiro atoms. The normalized spacial score (nSPS) is 10.1. The molecule has 2 aromatic rings. The van der Waals surface area contributed by atoms with Crippen molar-refractivity contribution in [1.29, 1.82) is 5.26 Å². The number of aromatic amines is 2. The summed E-state index contributed by atoms with van der Waals surface area (Å²) in [6.45, 7) is 0. The topological polar surface area (TPSA) is 133 Å². The number of hydrogen-bond acceptors (Lipinski definition) is 5. The Morgan fingerprint density at radius 3 is 2.47 bits per heavy atom. The molecule has 17 heavy (non-hydrogen) atoms. The van der Waals surface area contributed by atoms with E-state index in [1.807, 2.05) is 0 Å². The number of hydrogen-bond donors (Lipinski definition) is 2. The van der Waals surface area contributed by atoms with Crippen LogP contribution in [0.5, 0.6) is 0 Å². The van der Waals surface area contributed by atoms with Gasteiger partial charge in [-0.2, -0.15) is 5.26 Å². The van der Waals surface area contributed by atoms with Gasteiger partial charge in [-0.3, -0.25) is 19.7 Å². The lowest BCUT2D eigenvalue weighted by Gasteiger charge is -1.99. The predicted molar refractivity (Wildman–Crippen MR) is 56.6 cm³/mol. The Balaban J connectivity index is 3.02. The summed E-state index contributed by atoms with van der Waals surface area (Å²) < 4.78 is 0. The quantitative estimate of drug-likeness (QED) is 0.405. The summed E-state index contributed by atoms with van der Waals surface area (Å²) >= 11 is 0. The summed E-state index contributed by atoms with van der Waals surface area (Å²) in [4.78, 5) is 36.4. The maximum Gasteiger partial charge on any atom is 0.314 e. The molecule has 0 aliphatic heterocycles. The number of H-pyrrole nitrogens is 2. The van der Waals surface area contributed by atoms with Gasteiger partial charge in [-0.1, -0.05) is 0 Å². The van der Waals surface area contributed by atoms with Crippen LogP contribution in [0.4, 0.5) is 5.69 Å². The van der Waals surface area contributed by atoms with E-state index in [-0.39, 0.29) is 16.6 Å². The van der Waals surface area contributed by atoms with Crippen LogP contribution in [0.1, 0.15) is 5.56 Å². The van der Waals surface area contributed by atoms with Crippen LogP contribution in [0.2, 0.25) is 0 Å². The zero-order valence-electron chi connectivity index (χ0n) is 8.18. The van der Waals surface area contributed by atoms with Crippen molar-refractivity contribution in [3.8, 4) is 6.07 Å². The number of fused-ring (bicyclic) bond motifs is 1. The molecule has 1 heterocycles. The van der Waals surface area contributed by atoms with Gasteiger partial charge in [0.25, 0.3) is 5.69 Å². The number of nitro benzene ring substituents is 1. The Kier molecular flexibility index (Phi) is 2.22. The van der Waals surface area contributed by atoms with Gasteiger partial charge in [0, 0.05) is 6.07 Å². The molecule has 1 aromatic carbocycles. The maximum atomic E-state index is 11.1. The van der Waals surface area contributed by atoms with Crippen LogP contribution >= 0.6 is 0 Å². The summed E-state index contributed by atoms with van der Waals surface area (Å²) in [6, 6.07) is 4.00. The van der Waals surface area contributed by atoms with Gasteiger partial charge in [0.15, 0.2) is 0 Å². The smallest absolute Gasteiger partial charge is 0.314 e. The van der Waals surface area contributed by atoms with E-state index >= 15 is 0 Å². The van der Waals surface area contributed by atoms with E-state index in [9.17, 15) is 19.7 Å². The van der Waals surface area contributed by atoms with Crippen LogP contribution < -0.4 is 11.1 Å². The SMILES string of the molecule is N#Cc1cc([N+](=O)[O-])c2[nH]c(=O)c(=O)[nH]c2c1. The Morgan fingerprint density at radius 1 is 1.24 bits per heavy atom. The van der Waals surface area contributed by atoms with E-state index < -0.39 is 21.7 Å². The minimum Gasteiger partial charge on any atom is -0.316 e. The zero-order chi connectivity index (χ0) is 12.6. The largest absolute Gasteiger partial charge is 0.316 e. The highest BCUT2D eigenvalue weighted by Crippen LogP contribution is 2.22. The number of rotatable bonds is 1. The van der Waals surface area contributed by atoms with Crippen molar-refractivity contribution in [2.24, 2.45) is 0 Å². The van der Waals surface area contributed by atoms with Gasteiger partial charge in [-0.25, -0.2) is 0 Å². The van der Waals surface area contributed by atoms with Gasteiger partial charge in [0.05, 0.1) is 22.1 Å². The molecule has 0 unspecified atom stereocenters. The first kappa shape index (κ1) is 10.6. The van der Waals surface area contributed by atoms with Gasteiger partial charge in [-0.15, -0.1) is 0 Å². The minimum atomic E-state index is -0.981. The van der Waals surface area contributed by atoms with Crippen molar-refractivity contribution < 1.29 is 4.92 Å². The number of benzene rings is 1. The van der Waals surface area contributed by atoms with Gasteiger partial charge in [0.2, 0.25) is 0 Å². The van der Waals surface area contributed by atoms with Crippen LogP contribution in [-0.4, -0.2) is 14.9 Å². The van der Waals surface area contributed by atoms with Crippen molar-refractivity contribution in [3.63, 3.8) is 0 Å². The molecule has 0 bridgehead atoms. The van der Waals surface area contributed by atoms with Gasteiger partial charge < -0.3 is 9.97 Å². The van der Waals surface area contributed by atoms with Gasteiger partial charge in [0.1, 0.15) is 5.52 Å². The van der Waals surface area contributed by atoms with Crippen LogP contribution in [0.15, 0.2) is 21.7 Å². The number of nitriles is 1. The molecule has 0 amide bonds. The standard InChI is InChI=1S/C9H4N4O4/c10-3-4-1-5-7(6(2-4)13(16)17)12-9(15)8(14)11-5/h1-2H,(H,11,14)(H,12,15). The molecule has 84 valence electrons. The monoisotopic (exact) mass is 232 g/mol.